The lowest BCUT2D eigenvalue weighted by Gasteiger charge is -2.05. The van der Waals surface area contributed by atoms with Crippen molar-refractivity contribution in [1.82, 2.24) is 4.98 Å². The number of aromatic hydroxyl groups is 1. The van der Waals surface area contributed by atoms with Gasteiger partial charge in [-0.15, -0.1) is 0 Å². The first kappa shape index (κ1) is 8.56. The molecule has 70 valence electrons. The van der Waals surface area contributed by atoms with Crippen LogP contribution in [0.3, 0.4) is 0 Å². The van der Waals surface area contributed by atoms with Crippen molar-refractivity contribution in [2.24, 2.45) is 0 Å². The number of aromatic nitrogens is 1. The van der Waals surface area contributed by atoms with Crippen molar-refractivity contribution >= 4 is 5.69 Å². The van der Waals surface area contributed by atoms with Gasteiger partial charge in [-0.3, -0.25) is 4.98 Å². The highest BCUT2D eigenvalue weighted by Gasteiger charge is 2.06. The van der Waals surface area contributed by atoms with Crippen LogP contribution >= 0.6 is 0 Å². The molecule has 14 heavy (non-hydrogen) atoms. The number of hydrogen-bond acceptors (Lipinski definition) is 3. The summed E-state index contributed by atoms with van der Waals surface area (Å²) < 4.78 is 0. The first-order chi connectivity index (χ1) is 6.79. The summed E-state index contributed by atoms with van der Waals surface area (Å²) in [4.78, 5) is 4.14. The van der Waals surface area contributed by atoms with Gasteiger partial charge in [0.25, 0.3) is 0 Å². The fourth-order valence-electron chi connectivity index (χ4n) is 1.29. The second-order valence-electron chi connectivity index (χ2n) is 2.96. The number of anilines is 1. The predicted molar refractivity (Wildman–Crippen MR) is 55.8 cm³/mol. The molecule has 2 rings (SSSR count). The van der Waals surface area contributed by atoms with E-state index in [1.54, 1.807) is 24.4 Å². The summed E-state index contributed by atoms with van der Waals surface area (Å²) in [6.07, 6.45) is 1.68. The Morgan fingerprint density at radius 2 is 1.93 bits per heavy atom. The molecule has 2 aromatic rings. The number of nitrogens with two attached hydrogens (primary N) is 1. The van der Waals surface area contributed by atoms with Crippen molar-refractivity contribution in [2.45, 2.75) is 0 Å². The van der Waals surface area contributed by atoms with E-state index in [1.165, 1.54) is 0 Å². The fraction of sp³-hybridized carbons (Fsp3) is 0. The van der Waals surface area contributed by atoms with E-state index in [0.29, 0.717) is 11.3 Å². The highest BCUT2D eigenvalue weighted by atomic mass is 16.3. The Labute approximate surface area is 81.8 Å². The zero-order chi connectivity index (χ0) is 9.97. The third-order valence-corrected chi connectivity index (χ3v) is 2.01. The largest absolute Gasteiger partial charge is 0.505 e. The first-order valence-corrected chi connectivity index (χ1v) is 4.28. The van der Waals surface area contributed by atoms with Crippen LogP contribution in [0.1, 0.15) is 0 Å². The fourth-order valence-corrected chi connectivity index (χ4v) is 1.29. The van der Waals surface area contributed by atoms with Crippen LogP contribution in [0, 0.1) is 0 Å². The molecule has 0 aliphatic carbocycles. The summed E-state index contributed by atoms with van der Waals surface area (Å²) in [5, 5.41) is 9.69. The minimum absolute atomic E-state index is 0.0891. The van der Waals surface area contributed by atoms with Gasteiger partial charge in [-0.05, 0) is 24.3 Å². The highest BCUT2D eigenvalue weighted by Crippen LogP contribution is 2.31. The van der Waals surface area contributed by atoms with E-state index in [0.717, 1.165) is 5.69 Å². The summed E-state index contributed by atoms with van der Waals surface area (Å²) in [5.74, 6) is 0.0891. The highest BCUT2D eigenvalue weighted by molar-refractivity contribution is 5.74. The topological polar surface area (TPSA) is 59.1 Å². The van der Waals surface area contributed by atoms with Crippen LogP contribution in [-0.4, -0.2) is 10.1 Å². The molecule has 0 saturated heterocycles. The molecule has 1 aromatic carbocycles. The van der Waals surface area contributed by atoms with Gasteiger partial charge in [0.05, 0.1) is 11.4 Å². The molecule has 1 heterocycles. The SMILES string of the molecule is Nc1cccc(-c2ccccn2)c1O. The quantitative estimate of drug-likeness (QED) is 0.529. The van der Waals surface area contributed by atoms with E-state index in [9.17, 15) is 5.11 Å². The van der Waals surface area contributed by atoms with Gasteiger partial charge in [-0.2, -0.15) is 0 Å². The number of nitrogens with zero attached hydrogens (tertiary/aromatic N) is 1. The molecule has 0 spiro atoms. The Morgan fingerprint density at radius 1 is 1.07 bits per heavy atom. The lowest BCUT2D eigenvalue weighted by atomic mass is 10.1. The number of benzene rings is 1. The van der Waals surface area contributed by atoms with Gasteiger partial charge >= 0.3 is 0 Å². The van der Waals surface area contributed by atoms with Gasteiger partial charge in [0.1, 0.15) is 5.75 Å². The number of phenols is 1. The summed E-state index contributed by atoms with van der Waals surface area (Å²) in [6, 6.07) is 10.8. The number of nitrogen functional groups attached to an aromatic ring is 1. The zero-order valence-corrected chi connectivity index (χ0v) is 7.51. The lowest BCUT2D eigenvalue weighted by molar-refractivity contribution is 0.480. The number of para-hydroxylation sites is 1. The van der Waals surface area contributed by atoms with Crippen molar-refractivity contribution < 1.29 is 5.11 Å². The number of pyridine rings is 1. The zero-order valence-electron chi connectivity index (χ0n) is 7.51. The Hall–Kier alpha value is -2.03. The van der Waals surface area contributed by atoms with Crippen molar-refractivity contribution in [3.05, 3.63) is 42.6 Å². The van der Waals surface area contributed by atoms with Crippen molar-refractivity contribution in [3.63, 3.8) is 0 Å². The smallest absolute Gasteiger partial charge is 0.147 e. The van der Waals surface area contributed by atoms with Crippen LogP contribution in [0.5, 0.6) is 5.75 Å². The van der Waals surface area contributed by atoms with E-state index in [1.807, 2.05) is 18.2 Å². The molecule has 3 N–H and O–H groups in total. The molecule has 3 heteroatoms. The van der Waals surface area contributed by atoms with Crippen LogP contribution in [-0.2, 0) is 0 Å². The minimum Gasteiger partial charge on any atom is -0.505 e. The Kier molecular flexibility index (Phi) is 2.07. The molecule has 0 aliphatic rings. The maximum atomic E-state index is 9.69. The third-order valence-electron chi connectivity index (χ3n) is 2.01. The molecule has 3 nitrogen and oxygen atoms in total. The Balaban J connectivity index is 2.58. The van der Waals surface area contributed by atoms with E-state index in [-0.39, 0.29) is 5.75 Å². The second-order valence-corrected chi connectivity index (χ2v) is 2.96. The van der Waals surface area contributed by atoms with Gasteiger partial charge in [-0.25, -0.2) is 0 Å². The average molecular weight is 186 g/mol. The van der Waals surface area contributed by atoms with E-state index >= 15 is 0 Å². The van der Waals surface area contributed by atoms with Crippen LogP contribution in [0.2, 0.25) is 0 Å². The monoisotopic (exact) mass is 186 g/mol. The number of phenolic OH excluding ortho intramolecular Hbond substituents is 1. The molecule has 0 radical (unpaired) electrons. The molecule has 0 saturated carbocycles. The van der Waals surface area contributed by atoms with Crippen LogP contribution in [0.15, 0.2) is 42.6 Å². The standard InChI is InChI=1S/C11H10N2O/c12-9-5-3-4-8(11(9)14)10-6-1-2-7-13-10/h1-7,14H,12H2. The molecular formula is C11H10N2O. The minimum atomic E-state index is 0.0891. The van der Waals surface area contributed by atoms with Crippen LogP contribution in [0.25, 0.3) is 11.3 Å². The first-order valence-electron chi connectivity index (χ1n) is 4.28. The van der Waals surface area contributed by atoms with Gasteiger partial charge in [0.2, 0.25) is 0 Å². The summed E-state index contributed by atoms with van der Waals surface area (Å²) in [6.45, 7) is 0. The molecule has 1 aromatic heterocycles. The maximum Gasteiger partial charge on any atom is 0.147 e. The summed E-state index contributed by atoms with van der Waals surface area (Å²) in [5.41, 5.74) is 7.33. The Morgan fingerprint density at radius 3 is 2.64 bits per heavy atom. The predicted octanol–water partition coefficient (Wildman–Crippen LogP) is 2.04. The second kappa shape index (κ2) is 3.38. The summed E-state index contributed by atoms with van der Waals surface area (Å²) >= 11 is 0. The molecule has 0 amide bonds. The third kappa shape index (κ3) is 1.40. The molecular weight excluding hydrogens is 176 g/mol. The van der Waals surface area contributed by atoms with Gasteiger partial charge in [0, 0.05) is 11.8 Å². The number of hydrogen-bond donors (Lipinski definition) is 2. The van der Waals surface area contributed by atoms with Crippen molar-refractivity contribution in [2.75, 3.05) is 5.73 Å². The molecule has 0 bridgehead atoms. The van der Waals surface area contributed by atoms with E-state index in [2.05, 4.69) is 4.98 Å². The van der Waals surface area contributed by atoms with E-state index < -0.39 is 0 Å². The van der Waals surface area contributed by atoms with Gasteiger partial charge in [0.15, 0.2) is 0 Å². The van der Waals surface area contributed by atoms with Gasteiger partial charge in [-0.1, -0.05) is 12.1 Å². The van der Waals surface area contributed by atoms with Gasteiger partial charge < -0.3 is 10.8 Å². The normalized spacial score (nSPS) is 10.0. The molecule has 0 atom stereocenters. The van der Waals surface area contributed by atoms with Crippen LogP contribution in [0.4, 0.5) is 5.69 Å². The average Bonchev–Trinajstić information content (AvgIpc) is 2.23. The molecule has 0 fully saturated rings. The van der Waals surface area contributed by atoms with Crippen molar-refractivity contribution in [3.8, 4) is 17.0 Å². The maximum absolute atomic E-state index is 9.69. The van der Waals surface area contributed by atoms with Crippen LogP contribution < -0.4 is 5.73 Å². The molecule has 0 unspecified atom stereocenters. The number of rotatable bonds is 1. The Bertz CT molecular complexity index is 440. The molecule has 0 aliphatic heterocycles. The van der Waals surface area contributed by atoms with E-state index in [4.69, 9.17) is 5.73 Å². The lowest BCUT2D eigenvalue weighted by Crippen LogP contribution is -1.88. The summed E-state index contributed by atoms with van der Waals surface area (Å²) in [7, 11) is 0. The van der Waals surface area contributed by atoms with Crippen molar-refractivity contribution in [1.29, 1.82) is 0 Å².